The molecule has 0 heterocycles. The SMILES string of the molecule is CCOc1ccc(C(=O)CN(C)C2CCCCC2)cc1N. The van der Waals surface area contributed by atoms with Crippen LogP contribution in [0.15, 0.2) is 18.2 Å². The predicted molar refractivity (Wildman–Crippen MR) is 85.9 cm³/mol. The maximum atomic E-state index is 12.4. The topological polar surface area (TPSA) is 55.6 Å². The molecule has 116 valence electrons. The first-order chi connectivity index (χ1) is 10.1. The molecule has 1 aliphatic carbocycles. The van der Waals surface area contributed by atoms with E-state index in [1.54, 1.807) is 18.2 Å². The fourth-order valence-electron chi connectivity index (χ4n) is 2.98. The van der Waals surface area contributed by atoms with Gasteiger partial charge in [-0.1, -0.05) is 19.3 Å². The number of carbonyl (C=O) groups excluding carboxylic acids is 1. The highest BCUT2D eigenvalue weighted by molar-refractivity contribution is 5.98. The van der Waals surface area contributed by atoms with Crippen molar-refractivity contribution >= 4 is 11.5 Å². The molecule has 0 unspecified atom stereocenters. The van der Waals surface area contributed by atoms with E-state index >= 15 is 0 Å². The van der Waals surface area contributed by atoms with Gasteiger partial charge in [-0.05, 0) is 45.0 Å². The zero-order valence-electron chi connectivity index (χ0n) is 13.1. The van der Waals surface area contributed by atoms with Crippen molar-refractivity contribution in [3.05, 3.63) is 23.8 Å². The third kappa shape index (κ3) is 4.21. The van der Waals surface area contributed by atoms with E-state index < -0.39 is 0 Å². The number of benzene rings is 1. The molecule has 4 nitrogen and oxygen atoms in total. The molecule has 21 heavy (non-hydrogen) atoms. The zero-order chi connectivity index (χ0) is 15.2. The summed E-state index contributed by atoms with van der Waals surface area (Å²) in [7, 11) is 2.05. The van der Waals surface area contributed by atoms with Crippen molar-refractivity contribution < 1.29 is 9.53 Å². The first-order valence-corrected chi connectivity index (χ1v) is 7.87. The second kappa shape index (κ2) is 7.46. The average Bonchev–Trinajstić information content (AvgIpc) is 2.50. The Hall–Kier alpha value is -1.55. The van der Waals surface area contributed by atoms with Crippen LogP contribution in [0.1, 0.15) is 49.4 Å². The Kier molecular flexibility index (Phi) is 5.62. The number of hydrogen-bond donors (Lipinski definition) is 1. The minimum Gasteiger partial charge on any atom is -0.492 e. The van der Waals surface area contributed by atoms with Gasteiger partial charge in [-0.3, -0.25) is 9.69 Å². The first kappa shape index (κ1) is 15.8. The van der Waals surface area contributed by atoms with E-state index in [1.807, 2.05) is 14.0 Å². The summed E-state index contributed by atoms with van der Waals surface area (Å²) in [4.78, 5) is 14.6. The van der Waals surface area contributed by atoms with Crippen molar-refractivity contribution in [2.45, 2.75) is 45.1 Å². The fourth-order valence-corrected chi connectivity index (χ4v) is 2.98. The second-order valence-electron chi connectivity index (χ2n) is 5.82. The van der Waals surface area contributed by atoms with Gasteiger partial charge in [-0.25, -0.2) is 0 Å². The van der Waals surface area contributed by atoms with Gasteiger partial charge in [0, 0.05) is 11.6 Å². The van der Waals surface area contributed by atoms with Crippen molar-refractivity contribution in [1.29, 1.82) is 0 Å². The molecule has 0 aromatic heterocycles. The highest BCUT2D eigenvalue weighted by Gasteiger charge is 2.20. The molecule has 0 spiro atoms. The molecule has 0 saturated heterocycles. The molecule has 2 rings (SSSR count). The zero-order valence-corrected chi connectivity index (χ0v) is 13.1. The van der Waals surface area contributed by atoms with Crippen molar-refractivity contribution in [1.82, 2.24) is 4.90 Å². The van der Waals surface area contributed by atoms with Crippen LogP contribution in [0.2, 0.25) is 0 Å². The van der Waals surface area contributed by atoms with E-state index in [9.17, 15) is 4.79 Å². The normalized spacial score (nSPS) is 16.1. The molecule has 0 bridgehead atoms. The molecule has 1 aromatic carbocycles. The minimum absolute atomic E-state index is 0.123. The number of ketones is 1. The standard InChI is InChI=1S/C17H26N2O2/c1-3-21-17-10-9-13(11-15(17)18)16(20)12-19(2)14-7-5-4-6-8-14/h9-11,14H,3-8,12,18H2,1-2H3. The van der Waals surface area contributed by atoms with E-state index in [2.05, 4.69) is 4.90 Å². The average molecular weight is 290 g/mol. The van der Waals surface area contributed by atoms with Crippen LogP contribution >= 0.6 is 0 Å². The Morgan fingerprint density at radius 3 is 2.67 bits per heavy atom. The molecule has 0 radical (unpaired) electrons. The smallest absolute Gasteiger partial charge is 0.176 e. The van der Waals surface area contributed by atoms with Gasteiger partial charge in [-0.15, -0.1) is 0 Å². The molecule has 2 N–H and O–H groups in total. The van der Waals surface area contributed by atoms with Gasteiger partial charge in [-0.2, -0.15) is 0 Å². The van der Waals surface area contributed by atoms with Crippen molar-refractivity contribution in [3.8, 4) is 5.75 Å². The van der Waals surface area contributed by atoms with Gasteiger partial charge in [0.15, 0.2) is 5.78 Å². The number of ether oxygens (including phenoxy) is 1. The van der Waals surface area contributed by atoms with Crippen LogP contribution in [0.25, 0.3) is 0 Å². The maximum Gasteiger partial charge on any atom is 0.176 e. The molecule has 1 aromatic rings. The summed E-state index contributed by atoms with van der Waals surface area (Å²) in [6, 6.07) is 5.86. The maximum absolute atomic E-state index is 12.4. The molecule has 1 aliphatic rings. The van der Waals surface area contributed by atoms with Crippen LogP contribution in [-0.2, 0) is 0 Å². The number of carbonyl (C=O) groups is 1. The number of rotatable bonds is 6. The van der Waals surface area contributed by atoms with E-state index in [4.69, 9.17) is 10.5 Å². The van der Waals surface area contributed by atoms with Gasteiger partial charge in [0.1, 0.15) is 5.75 Å². The summed E-state index contributed by atoms with van der Waals surface area (Å²) in [6.45, 7) is 2.94. The van der Waals surface area contributed by atoms with Crippen LogP contribution in [0.4, 0.5) is 5.69 Å². The monoisotopic (exact) mass is 290 g/mol. The van der Waals surface area contributed by atoms with E-state index in [0.29, 0.717) is 36.2 Å². The molecular formula is C17H26N2O2. The van der Waals surface area contributed by atoms with Gasteiger partial charge in [0.05, 0.1) is 18.8 Å². The third-order valence-corrected chi connectivity index (χ3v) is 4.22. The van der Waals surface area contributed by atoms with Crippen LogP contribution in [0.5, 0.6) is 5.75 Å². The fraction of sp³-hybridized carbons (Fsp3) is 0.588. The number of anilines is 1. The first-order valence-electron chi connectivity index (χ1n) is 7.87. The molecule has 1 fully saturated rings. The number of hydrogen-bond acceptors (Lipinski definition) is 4. The Bertz CT molecular complexity index is 482. The van der Waals surface area contributed by atoms with Crippen LogP contribution < -0.4 is 10.5 Å². The number of nitrogen functional groups attached to an aromatic ring is 1. The lowest BCUT2D eigenvalue weighted by Gasteiger charge is -2.30. The quantitative estimate of drug-likeness (QED) is 0.646. The summed E-state index contributed by atoms with van der Waals surface area (Å²) in [5.74, 6) is 0.771. The summed E-state index contributed by atoms with van der Waals surface area (Å²) in [6.07, 6.45) is 6.29. The molecular weight excluding hydrogens is 264 g/mol. The molecule has 4 heteroatoms. The number of nitrogens with two attached hydrogens (primary N) is 1. The summed E-state index contributed by atoms with van der Waals surface area (Å²) >= 11 is 0. The van der Waals surface area contributed by atoms with Crippen molar-refractivity contribution in [2.24, 2.45) is 0 Å². The van der Waals surface area contributed by atoms with Gasteiger partial charge in [0.25, 0.3) is 0 Å². The predicted octanol–water partition coefficient (Wildman–Crippen LogP) is 3.11. The van der Waals surface area contributed by atoms with Crippen molar-refractivity contribution in [2.75, 3.05) is 25.9 Å². The van der Waals surface area contributed by atoms with Gasteiger partial charge in [0.2, 0.25) is 0 Å². The summed E-state index contributed by atoms with van der Waals surface area (Å²) in [5, 5.41) is 0. The van der Waals surface area contributed by atoms with Gasteiger partial charge >= 0.3 is 0 Å². The Labute approximate surface area is 127 Å². The molecule has 0 atom stereocenters. The Morgan fingerprint density at radius 2 is 2.05 bits per heavy atom. The summed E-state index contributed by atoms with van der Waals surface area (Å²) in [5.41, 5.74) is 7.12. The molecule has 0 aliphatic heterocycles. The van der Waals surface area contributed by atoms with E-state index in [1.165, 1.54) is 32.1 Å². The highest BCUT2D eigenvalue weighted by atomic mass is 16.5. The number of Topliss-reactive ketones (excluding diaryl/α,β-unsaturated/α-hetero) is 1. The lowest BCUT2D eigenvalue weighted by Crippen LogP contribution is -2.37. The van der Waals surface area contributed by atoms with Crippen LogP contribution in [0, 0.1) is 0 Å². The summed E-state index contributed by atoms with van der Waals surface area (Å²) < 4.78 is 5.40. The third-order valence-electron chi connectivity index (χ3n) is 4.22. The molecule has 1 saturated carbocycles. The van der Waals surface area contributed by atoms with E-state index in [-0.39, 0.29) is 5.78 Å². The Balaban J connectivity index is 1.97. The van der Waals surface area contributed by atoms with Crippen LogP contribution in [0.3, 0.4) is 0 Å². The highest BCUT2D eigenvalue weighted by Crippen LogP contribution is 2.24. The second-order valence-corrected chi connectivity index (χ2v) is 5.82. The lowest BCUT2D eigenvalue weighted by molar-refractivity contribution is 0.0899. The Morgan fingerprint density at radius 1 is 1.33 bits per heavy atom. The van der Waals surface area contributed by atoms with E-state index in [0.717, 1.165) is 0 Å². The minimum atomic E-state index is 0.123. The number of likely N-dealkylation sites (N-methyl/N-ethyl adjacent to an activating group) is 1. The molecule has 0 amide bonds. The van der Waals surface area contributed by atoms with Crippen LogP contribution in [-0.4, -0.2) is 36.9 Å². The van der Waals surface area contributed by atoms with Crippen molar-refractivity contribution in [3.63, 3.8) is 0 Å². The number of nitrogens with zero attached hydrogens (tertiary/aromatic N) is 1. The lowest BCUT2D eigenvalue weighted by atomic mass is 9.94. The van der Waals surface area contributed by atoms with Gasteiger partial charge < -0.3 is 10.5 Å². The largest absolute Gasteiger partial charge is 0.492 e.